The highest BCUT2D eigenvalue weighted by molar-refractivity contribution is 5.97. The fourth-order valence-corrected chi connectivity index (χ4v) is 2.85. The van der Waals surface area contributed by atoms with Crippen LogP contribution >= 0.6 is 0 Å². The number of benzene rings is 1. The number of nitrogens with one attached hydrogen (secondary N) is 3. The first-order chi connectivity index (χ1) is 11.1. The smallest absolute Gasteiger partial charge is 0.319 e. The lowest BCUT2D eigenvalue weighted by Gasteiger charge is -2.26. The summed E-state index contributed by atoms with van der Waals surface area (Å²) in [5, 5.41) is 8.69. The molecule has 0 aromatic heterocycles. The average molecular weight is 316 g/mol. The van der Waals surface area contributed by atoms with Gasteiger partial charge in [0.05, 0.1) is 0 Å². The third kappa shape index (κ3) is 4.69. The van der Waals surface area contributed by atoms with Crippen molar-refractivity contribution in [2.24, 2.45) is 5.73 Å². The van der Waals surface area contributed by atoms with Gasteiger partial charge in [0, 0.05) is 29.4 Å². The Hall–Kier alpha value is -2.08. The number of amides is 3. The van der Waals surface area contributed by atoms with E-state index < -0.39 is 0 Å². The summed E-state index contributed by atoms with van der Waals surface area (Å²) < 4.78 is 0. The number of carbonyl (C=O) groups excluding carboxylic acids is 2. The Bertz CT molecular complexity index is 578. The number of nitrogens with two attached hydrogens (primary N) is 1. The zero-order valence-corrected chi connectivity index (χ0v) is 13.2. The highest BCUT2D eigenvalue weighted by Crippen LogP contribution is 2.20. The van der Waals surface area contributed by atoms with Gasteiger partial charge in [0.25, 0.3) is 5.91 Å². The molecule has 2 saturated carbocycles. The quantitative estimate of drug-likeness (QED) is 0.684. The minimum Gasteiger partial charge on any atom is -0.349 e. The molecule has 3 rings (SSSR count). The van der Waals surface area contributed by atoms with Crippen LogP contribution in [0, 0.1) is 0 Å². The summed E-state index contributed by atoms with van der Waals surface area (Å²) in [5.74, 6) is -0.100. The standard InChI is InChI=1S/C17H24N4O2/c18-12-4-6-13(7-5-12)19-16(22)11-2-1-3-15(10-11)21-17(23)20-14-8-9-14/h1-3,10,12-14H,4-9,18H2,(H,19,22)(H2,20,21,23). The molecule has 0 heterocycles. The van der Waals surface area contributed by atoms with E-state index in [2.05, 4.69) is 16.0 Å². The van der Waals surface area contributed by atoms with Crippen LogP contribution in [0.2, 0.25) is 0 Å². The van der Waals surface area contributed by atoms with E-state index in [4.69, 9.17) is 5.73 Å². The molecule has 3 amide bonds. The maximum absolute atomic E-state index is 12.3. The van der Waals surface area contributed by atoms with Gasteiger partial charge in [0.2, 0.25) is 0 Å². The lowest BCUT2D eigenvalue weighted by Crippen LogP contribution is -2.40. The Labute approximate surface area is 136 Å². The molecule has 0 bridgehead atoms. The molecule has 2 aliphatic rings. The van der Waals surface area contributed by atoms with Crippen LogP contribution in [0.15, 0.2) is 24.3 Å². The van der Waals surface area contributed by atoms with Crippen molar-refractivity contribution in [1.29, 1.82) is 0 Å². The summed E-state index contributed by atoms with van der Waals surface area (Å²) in [6, 6.07) is 7.56. The van der Waals surface area contributed by atoms with Crippen molar-refractivity contribution in [3.8, 4) is 0 Å². The molecule has 6 nitrogen and oxygen atoms in total. The fraction of sp³-hybridized carbons (Fsp3) is 0.529. The fourth-order valence-electron chi connectivity index (χ4n) is 2.85. The lowest BCUT2D eigenvalue weighted by atomic mass is 9.91. The van der Waals surface area contributed by atoms with Crippen LogP contribution in [0.4, 0.5) is 10.5 Å². The molecule has 0 saturated heterocycles. The summed E-state index contributed by atoms with van der Waals surface area (Å²) in [6.45, 7) is 0. The minimum atomic E-state index is -0.216. The summed E-state index contributed by atoms with van der Waals surface area (Å²) >= 11 is 0. The number of carbonyl (C=O) groups is 2. The molecule has 0 unspecified atom stereocenters. The SMILES string of the molecule is NC1CCC(NC(=O)c2cccc(NC(=O)NC3CC3)c2)CC1. The van der Waals surface area contributed by atoms with Crippen LogP contribution in [-0.4, -0.2) is 30.1 Å². The van der Waals surface area contributed by atoms with E-state index in [1.54, 1.807) is 24.3 Å². The Kier molecular flexibility index (Phi) is 4.81. The Morgan fingerprint density at radius 1 is 0.957 bits per heavy atom. The predicted octanol–water partition coefficient (Wildman–Crippen LogP) is 1.97. The van der Waals surface area contributed by atoms with Gasteiger partial charge in [-0.15, -0.1) is 0 Å². The van der Waals surface area contributed by atoms with Gasteiger partial charge in [-0.05, 0) is 56.7 Å². The first kappa shape index (κ1) is 15.8. The van der Waals surface area contributed by atoms with E-state index in [0.29, 0.717) is 17.3 Å². The van der Waals surface area contributed by atoms with E-state index in [9.17, 15) is 9.59 Å². The van der Waals surface area contributed by atoms with Crippen LogP contribution in [-0.2, 0) is 0 Å². The van der Waals surface area contributed by atoms with E-state index in [1.165, 1.54) is 0 Å². The summed E-state index contributed by atoms with van der Waals surface area (Å²) in [5.41, 5.74) is 7.07. The number of anilines is 1. The molecule has 0 atom stereocenters. The molecule has 2 aliphatic carbocycles. The normalized spacial score (nSPS) is 23.9. The van der Waals surface area contributed by atoms with Gasteiger partial charge in [0.15, 0.2) is 0 Å². The zero-order valence-electron chi connectivity index (χ0n) is 13.2. The second kappa shape index (κ2) is 7.00. The maximum atomic E-state index is 12.3. The highest BCUT2D eigenvalue weighted by atomic mass is 16.2. The van der Waals surface area contributed by atoms with Gasteiger partial charge in [-0.1, -0.05) is 6.07 Å². The van der Waals surface area contributed by atoms with Crippen molar-refractivity contribution in [3.63, 3.8) is 0 Å². The molecular weight excluding hydrogens is 292 g/mol. The van der Waals surface area contributed by atoms with Crippen LogP contribution in [0.25, 0.3) is 0 Å². The monoisotopic (exact) mass is 316 g/mol. The molecule has 2 fully saturated rings. The maximum Gasteiger partial charge on any atom is 0.319 e. The van der Waals surface area contributed by atoms with Gasteiger partial charge in [-0.3, -0.25) is 4.79 Å². The van der Waals surface area contributed by atoms with Crippen LogP contribution < -0.4 is 21.7 Å². The first-order valence-electron chi connectivity index (χ1n) is 8.34. The van der Waals surface area contributed by atoms with Gasteiger partial charge in [-0.2, -0.15) is 0 Å². The van der Waals surface area contributed by atoms with Crippen LogP contribution in [0.3, 0.4) is 0 Å². The average Bonchev–Trinajstić information content (AvgIpc) is 3.33. The molecule has 1 aromatic carbocycles. The predicted molar refractivity (Wildman–Crippen MR) is 89.3 cm³/mol. The lowest BCUT2D eigenvalue weighted by molar-refractivity contribution is 0.0926. The molecule has 23 heavy (non-hydrogen) atoms. The molecule has 0 spiro atoms. The number of urea groups is 1. The highest BCUT2D eigenvalue weighted by Gasteiger charge is 2.23. The van der Waals surface area contributed by atoms with Crippen molar-refractivity contribution in [1.82, 2.24) is 10.6 Å². The van der Waals surface area contributed by atoms with Crippen molar-refractivity contribution in [3.05, 3.63) is 29.8 Å². The largest absolute Gasteiger partial charge is 0.349 e. The number of rotatable bonds is 4. The van der Waals surface area contributed by atoms with E-state index in [-0.39, 0.29) is 24.0 Å². The third-order valence-corrected chi connectivity index (χ3v) is 4.40. The van der Waals surface area contributed by atoms with Gasteiger partial charge < -0.3 is 21.7 Å². The molecule has 0 radical (unpaired) electrons. The van der Waals surface area contributed by atoms with Crippen molar-refractivity contribution in [2.75, 3.05) is 5.32 Å². The molecular formula is C17H24N4O2. The number of hydrogen-bond acceptors (Lipinski definition) is 3. The first-order valence-corrected chi connectivity index (χ1v) is 8.34. The zero-order chi connectivity index (χ0) is 16.2. The molecule has 1 aromatic rings. The minimum absolute atomic E-state index is 0.100. The van der Waals surface area contributed by atoms with E-state index in [1.807, 2.05) is 0 Å². The Morgan fingerprint density at radius 2 is 1.61 bits per heavy atom. The summed E-state index contributed by atoms with van der Waals surface area (Å²) in [7, 11) is 0. The second-order valence-corrected chi connectivity index (χ2v) is 6.54. The van der Waals surface area contributed by atoms with E-state index >= 15 is 0 Å². The van der Waals surface area contributed by atoms with Gasteiger partial charge in [0.1, 0.15) is 0 Å². The van der Waals surface area contributed by atoms with Crippen molar-refractivity contribution in [2.45, 2.75) is 56.7 Å². The summed E-state index contributed by atoms with van der Waals surface area (Å²) in [6.07, 6.45) is 5.84. The van der Waals surface area contributed by atoms with Gasteiger partial charge in [-0.25, -0.2) is 4.79 Å². The third-order valence-electron chi connectivity index (χ3n) is 4.40. The molecule has 5 N–H and O–H groups in total. The van der Waals surface area contributed by atoms with E-state index in [0.717, 1.165) is 38.5 Å². The van der Waals surface area contributed by atoms with Crippen molar-refractivity contribution >= 4 is 17.6 Å². The van der Waals surface area contributed by atoms with Crippen molar-refractivity contribution < 1.29 is 9.59 Å². The Morgan fingerprint density at radius 3 is 2.30 bits per heavy atom. The van der Waals surface area contributed by atoms with Gasteiger partial charge >= 0.3 is 6.03 Å². The van der Waals surface area contributed by atoms with Crippen LogP contribution in [0.1, 0.15) is 48.9 Å². The molecule has 6 heteroatoms. The Balaban J connectivity index is 1.55. The summed E-state index contributed by atoms with van der Waals surface area (Å²) in [4.78, 5) is 24.1. The second-order valence-electron chi connectivity index (χ2n) is 6.54. The number of hydrogen-bond donors (Lipinski definition) is 4. The molecule has 124 valence electrons. The topological polar surface area (TPSA) is 96.2 Å². The van der Waals surface area contributed by atoms with Crippen LogP contribution in [0.5, 0.6) is 0 Å². The molecule has 0 aliphatic heterocycles.